The van der Waals surface area contributed by atoms with E-state index in [2.05, 4.69) is 11.9 Å². The summed E-state index contributed by atoms with van der Waals surface area (Å²) in [6, 6.07) is 1.17. The molecular formula is C9H17NO2. The Balaban J connectivity index is 2.02. The van der Waals surface area contributed by atoms with Gasteiger partial charge in [0, 0.05) is 19.2 Å². The summed E-state index contributed by atoms with van der Waals surface area (Å²) >= 11 is 0. The van der Waals surface area contributed by atoms with Crippen LogP contribution >= 0.6 is 0 Å². The molecule has 2 saturated heterocycles. The molecule has 2 heterocycles. The molecule has 0 saturated carbocycles. The number of likely N-dealkylation sites (N-methyl/N-ethyl adjacent to an activating group) is 1. The highest BCUT2D eigenvalue weighted by Gasteiger charge is 2.36. The van der Waals surface area contributed by atoms with Gasteiger partial charge in [0.25, 0.3) is 0 Å². The van der Waals surface area contributed by atoms with Gasteiger partial charge in [0.05, 0.1) is 19.3 Å². The van der Waals surface area contributed by atoms with Crippen molar-refractivity contribution in [2.45, 2.75) is 31.0 Å². The standard InChI is InChI=1S/C9H17NO2/c1-10-7-3-9(11-2)4-8(10)6-12-5-7/h7-9H,3-6H2,1-2H3. The van der Waals surface area contributed by atoms with Crippen molar-refractivity contribution in [3.05, 3.63) is 0 Å². The Hall–Kier alpha value is -0.120. The highest BCUT2D eigenvalue weighted by Crippen LogP contribution is 2.27. The number of nitrogens with zero attached hydrogens (tertiary/aromatic N) is 1. The first-order valence-corrected chi connectivity index (χ1v) is 4.63. The van der Waals surface area contributed by atoms with Gasteiger partial charge in [-0.2, -0.15) is 0 Å². The summed E-state index contributed by atoms with van der Waals surface area (Å²) in [4.78, 5) is 2.44. The number of hydrogen-bond donors (Lipinski definition) is 0. The van der Waals surface area contributed by atoms with Crippen molar-refractivity contribution < 1.29 is 9.47 Å². The molecule has 0 radical (unpaired) electrons. The minimum absolute atomic E-state index is 0.458. The maximum absolute atomic E-state index is 5.50. The van der Waals surface area contributed by atoms with E-state index in [-0.39, 0.29) is 0 Å². The van der Waals surface area contributed by atoms with Gasteiger partial charge in [0.1, 0.15) is 0 Å². The second kappa shape index (κ2) is 3.32. The molecule has 0 N–H and O–H groups in total. The topological polar surface area (TPSA) is 21.7 Å². The molecule has 12 heavy (non-hydrogen) atoms. The molecule has 0 aliphatic carbocycles. The van der Waals surface area contributed by atoms with Crippen LogP contribution < -0.4 is 0 Å². The zero-order chi connectivity index (χ0) is 8.55. The van der Waals surface area contributed by atoms with Gasteiger partial charge in [-0.15, -0.1) is 0 Å². The molecule has 2 fully saturated rings. The summed E-state index contributed by atoms with van der Waals surface area (Å²) in [6.45, 7) is 1.76. The molecule has 3 nitrogen and oxygen atoms in total. The Labute approximate surface area is 73.6 Å². The lowest BCUT2D eigenvalue weighted by Crippen LogP contribution is -2.56. The molecule has 2 rings (SSSR count). The summed E-state index contributed by atoms with van der Waals surface area (Å²) in [7, 11) is 4.01. The van der Waals surface area contributed by atoms with Crippen molar-refractivity contribution in [1.82, 2.24) is 4.90 Å². The highest BCUT2D eigenvalue weighted by atomic mass is 16.5. The fourth-order valence-electron chi connectivity index (χ4n) is 2.24. The van der Waals surface area contributed by atoms with Crippen LogP contribution in [0.3, 0.4) is 0 Å². The second-order valence-electron chi connectivity index (χ2n) is 3.84. The molecule has 3 heteroatoms. The second-order valence-corrected chi connectivity index (χ2v) is 3.84. The summed E-state index contributed by atoms with van der Waals surface area (Å²) in [5, 5.41) is 0. The number of morpholine rings is 1. The average molecular weight is 171 g/mol. The maximum Gasteiger partial charge on any atom is 0.0623 e. The van der Waals surface area contributed by atoms with Crippen LogP contribution in [0, 0.1) is 0 Å². The summed E-state index contributed by atoms with van der Waals surface area (Å²) in [5.41, 5.74) is 0. The van der Waals surface area contributed by atoms with Crippen LogP contribution in [-0.4, -0.2) is 50.5 Å². The summed E-state index contributed by atoms with van der Waals surface area (Å²) in [5.74, 6) is 0. The van der Waals surface area contributed by atoms with Gasteiger partial charge in [0.2, 0.25) is 0 Å². The molecule has 0 amide bonds. The third kappa shape index (κ3) is 1.37. The quantitative estimate of drug-likeness (QED) is 0.573. The molecule has 2 atom stereocenters. The SMILES string of the molecule is COC1CC2COCC(C1)N2C. The molecule has 0 spiro atoms. The van der Waals surface area contributed by atoms with Crippen molar-refractivity contribution in [3.8, 4) is 0 Å². The van der Waals surface area contributed by atoms with E-state index in [1.54, 1.807) is 0 Å². The molecule has 0 aromatic heterocycles. The zero-order valence-electron chi connectivity index (χ0n) is 7.82. The van der Waals surface area contributed by atoms with Crippen molar-refractivity contribution >= 4 is 0 Å². The Morgan fingerprint density at radius 3 is 2.33 bits per heavy atom. The maximum atomic E-state index is 5.50. The third-order valence-corrected chi connectivity index (χ3v) is 3.18. The van der Waals surface area contributed by atoms with Gasteiger partial charge in [-0.3, -0.25) is 4.90 Å². The lowest BCUT2D eigenvalue weighted by atomic mass is 9.93. The van der Waals surface area contributed by atoms with E-state index in [0.717, 1.165) is 26.1 Å². The minimum Gasteiger partial charge on any atom is -0.381 e. The number of methoxy groups -OCH3 is 1. The number of ether oxygens (including phenoxy) is 2. The van der Waals surface area contributed by atoms with Crippen molar-refractivity contribution in [1.29, 1.82) is 0 Å². The fraction of sp³-hybridized carbons (Fsp3) is 1.00. The Morgan fingerprint density at radius 2 is 1.83 bits per heavy atom. The number of fused-ring (bicyclic) bond motifs is 2. The van der Waals surface area contributed by atoms with Crippen molar-refractivity contribution in [2.75, 3.05) is 27.4 Å². The van der Waals surface area contributed by atoms with Gasteiger partial charge in [-0.05, 0) is 19.9 Å². The Morgan fingerprint density at radius 1 is 1.25 bits per heavy atom. The average Bonchev–Trinajstić information content (AvgIpc) is 2.04. The summed E-state index contributed by atoms with van der Waals surface area (Å²) in [6.07, 6.45) is 2.72. The largest absolute Gasteiger partial charge is 0.381 e. The molecule has 70 valence electrons. The predicted octanol–water partition coefficient (Wildman–Crippen LogP) is 0.494. The normalized spacial score (nSPS) is 43.0. The number of piperidine rings is 1. The van der Waals surface area contributed by atoms with Crippen LogP contribution in [0.25, 0.3) is 0 Å². The van der Waals surface area contributed by atoms with Crippen molar-refractivity contribution in [3.63, 3.8) is 0 Å². The number of hydrogen-bond acceptors (Lipinski definition) is 3. The van der Waals surface area contributed by atoms with Crippen LogP contribution in [-0.2, 0) is 9.47 Å². The first-order valence-electron chi connectivity index (χ1n) is 4.63. The van der Waals surface area contributed by atoms with Crippen LogP contribution in [0.1, 0.15) is 12.8 Å². The van der Waals surface area contributed by atoms with Gasteiger partial charge >= 0.3 is 0 Å². The first kappa shape index (κ1) is 8.48. The van der Waals surface area contributed by atoms with E-state index in [1.165, 1.54) is 0 Å². The van der Waals surface area contributed by atoms with Gasteiger partial charge in [-0.25, -0.2) is 0 Å². The summed E-state index contributed by atoms with van der Waals surface area (Å²) < 4.78 is 10.9. The smallest absolute Gasteiger partial charge is 0.0623 e. The molecule has 2 aliphatic heterocycles. The Bertz CT molecular complexity index is 149. The van der Waals surface area contributed by atoms with E-state index in [1.807, 2.05) is 7.11 Å². The molecule has 2 bridgehead atoms. The zero-order valence-corrected chi connectivity index (χ0v) is 7.82. The van der Waals surface area contributed by atoms with Gasteiger partial charge < -0.3 is 9.47 Å². The molecule has 2 aliphatic rings. The van der Waals surface area contributed by atoms with E-state index in [4.69, 9.17) is 9.47 Å². The van der Waals surface area contributed by atoms with Crippen molar-refractivity contribution in [2.24, 2.45) is 0 Å². The van der Waals surface area contributed by atoms with Gasteiger partial charge in [0.15, 0.2) is 0 Å². The van der Waals surface area contributed by atoms with Crippen LogP contribution in [0.2, 0.25) is 0 Å². The van der Waals surface area contributed by atoms with E-state index in [9.17, 15) is 0 Å². The highest BCUT2D eigenvalue weighted by molar-refractivity contribution is 4.90. The fourth-order valence-corrected chi connectivity index (χ4v) is 2.24. The lowest BCUT2D eigenvalue weighted by molar-refractivity contribution is -0.101. The third-order valence-electron chi connectivity index (χ3n) is 3.18. The Kier molecular flexibility index (Phi) is 2.35. The molecule has 2 unspecified atom stereocenters. The van der Waals surface area contributed by atoms with Gasteiger partial charge in [-0.1, -0.05) is 0 Å². The predicted molar refractivity (Wildman–Crippen MR) is 46.2 cm³/mol. The van der Waals surface area contributed by atoms with Crippen LogP contribution in [0.5, 0.6) is 0 Å². The van der Waals surface area contributed by atoms with Crippen LogP contribution in [0.15, 0.2) is 0 Å². The monoisotopic (exact) mass is 171 g/mol. The van der Waals surface area contributed by atoms with Crippen LogP contribution in [0.4, 0.5) is 0 Å². The molecule has 0 aromatic carbocycles. The van der Waals surface area contributed by atoms with E-state index < -0.39 is 0 Å². The molecule has 0 aromatic rings. The van der Waals surface area contributed by atoms with E-state index in [0.29, 0.717) is 18.2 Å². The first-order chi connectivity index (χ1) is 5.81. The van der Waals surface area contributed by atoms with E-state index >= 15 is 0 Å². The molecular weight excluding hydrogens is 154 g/mol. The number of rotatable bonds is 1. The minimum atomic E-state index is 0.458. The lowest BCUT2D eigenvalue weighted by Gasteiger charge is -2.46.